The second-order valence-corrected chi connectivity index (χ2v) is 9.82. The molecule has 196 valence electrons. The van der Waals surface area contributed by atoms with Gasteiger partial charge < -0.3 is 10.1 Å². The highest BCUT2D eigenvalue weighted by Gasteiger charge is 2.16. The van der Waals surface area contributed by atoms with Crippen molar-refractivity contribution in [3.63, 3.8) is 0 Å². The lowest BCUT2D eigenvalue weighted by atomic mass is 10.0. The lowest BCUT2D eigenvalue weighted by molar-refractivity contribution is 0.0949. The van der Waals surface area contributed by atoms with Crippen molar-refractivity contribution < 1.29 is 13.9 Å². The first-order chi connectivity index (χ1) is 18.5. The van der Waals surface area contributed by atoms with E-state index in [0.717, 1.165) is 13.1 Å². The van der Waals surface area contributed by atoms with Crippen molar-refractivity contribution in [3.05, 3.63) is 126 Å². The Labute approximate surface area is 225 Å². The summed E-state index contributed by atoms with van der Waals surface area (Å²) in [5, 5.41) is 2.94. The standard InChI is InChI=1S/C33H35FN2O2/c1-25(2)22-35-33(37)28-17-18-32(30(21-28)29-15-9-10-16-31(29)34)38-20-19-36(23-26-11-5-3-6-12-26)24-27-13-7-4-8-14-27/h3-18,21,25H,19-20,22-24H2,1-2H3,(H,35,37). The normalized spacial score (nSPS) is 11.1. The fourth-order valence-corrected chi connectivity index (χ4v) is 4.27. The third-order valence-electron chi connectivity index (χ3n) is 6.24. The zero-order chi connectivity index (χ0) is 26.7. The number of nitrogens with zero attached hydrogens (tertiary/aromatic N) is 1. The number of hydrogen-bond acceptors (Lipinski definition) is 3. The van der Waals surface area contributed by atoms with Crippen molar-refractivity contribution in [2.45, 2.75) is 26.9 Å². The van der Waals surface area contributed by atoms with E-state index in [1.807, 2.05) is 50.2 Å². The summed E-state index contributed by atoms with van der Waals surface area (Å²) in [6.07, 6.45) is 0. The number of nitrogens with one attached hydrogen (secondary N) is 1. The van der Waals surface area contributed by atoms with E-state index in [4.69, 9.17) is 4.74 Å². The third kappa shape index (κ3) is 7.77. The molecule has 0 aliphatic carbocycles. The lowest BCUT2D eigenvalue weighted by Crippen LogP contribution is -2.28. The number of halogens is 1. The number of amides is 1. The summed E-state index contributed by atoms with van der Waals surface area (Å²) in [5.41, 5.74) is 3.91. The molecule has 4 aromatic carbocycles. The third-order valence-corrected chi connectivity index (χ3v) is 6.24. The van der Waals surface area contributed by atoms with Crippen molar-refractivity contribution in [2.24, 2.45) is 5.92 Å². The van der Waals surface area contributed by atoms with Gasteiger partial charge in [0, 0.05) is 42.9 Å². The van der Waals surface area contributed by atoms with E-state index in [9.17, 15) is 9.18 Å². The topological polar surface area (TPSA) is 41.6 Å². The summed E-state index contributed by atoms with van der Waals surface area (Å²) < 4.78 is 21.1. The summed E-state index contributed by atoms with van der Waals surface area (Å²) in [6, 6.07) is 32.5. The van der Waals surface area contributed by atoms with Crippen LogP contribution >= 0.6 is 0 Å². The molecule has 0 fully saturated rings. The Morgan fingerprint density at radius 3 is 2.03 bits per heavy atom. The molecule has 0 unspecified atom stereocenters. The van der Waals surface area contributed by atoms with Crippen LogP contribution in [0.3, 0.4) is 0 Å². The molecule has 0 aliphatic heterocycles. The van der Waals surface area contributed by atoms with E-state index in [1.54, 1.807) is 36.4 Å². The van der Waals surface area contributed by atoms with Crippen molar-refractivity contribution in [1.82, 2.24) is 10.2 Å². The van der Waals surface area contributed by atoms with E-state index >= 15 is 0 Å². The summed E-state index contributed by atoms with van der Waals surface area (Å²) >= 11 is 0. The predicted molar refractivity (Wildman–Crippen MR) is 152 cm³/mol. The molecule has 0 bridgehead atoms. The van der Waals surface area contributed by atoms with Crippen LogP contribution in [-0.2, 0) is 13.1 Å². The fraction of sp³-hybridized carbons (Fsp3) is 0.242. The molecule has 0 aromatic heterocycles. The molecule has 0 aliphatic rings. The van der Waals surface area contributed by atoms with Gasteiger partial charge >= 0.3 is 0 Å². The van der Waals surface area contributed by atoms with E-state index in [-0.39, 0.29) is 11.7 Å². The molecule has 4 aromatic rings. The van der Waals surface area contributed by atoms with Gasteiger partial charge in [0.15, 0.2) is 0 Å². The number of ether oxygens (including phenoxy) is 1. The van der Waals surface area contributed by atoms with Crippen LogP contribution in [0.1, 0.15) is 35.3 Å². The molecular formula is C33H35FN2O2. The Balaban J connectivity index is 1.52. The minimum absolute atomic E-state index is 0.181. The van der Waals surface area contributed by atoms with Crippen molar-refractivity contribution >= 4 is 5.91 Å². The van der Waals surface area contributed by atoms with Crippen molar-refractivity contribution in [1.29, 1.82) is 0 Å². The highest BCUT2D eigenvalue weighted by molar-refractivity contribution is 5.96. The van der Waals surface area contributed by atoms with E-state index in [0.29, 0.717) is 48.1 Å². The van der Waals surface area contributed by atoms with Crippen molar-refractivity contribution in [3.8, 4) is 16.9 Å². The molecule has 0 saturated carbocycles. The van der Waals surface area contributed by atoms with Gasteiger partial charge in [-0.1, -0.05) is 92.7 Å². The van der Waals surface area contributed by atoms with Gasteiger partial charge in [-0.05, 0) is 41.3 Å². The second kappa shape index (κ2) is 13.5. The number of benzene rings is 4. The Bertz CT molecular complexity index is 1270. The maximum atomic E-state index is 14.8. The van der Waals surface area contributed by atoms with Gasteiger partial charge in [-0.15, -0.1) is 0 Å². The molecule has 5 heteroatoms. The Morgan fingerprint density at radius 2 is 1.42 bits per heavy atom. The van der Waals surface area contributed by atoms with Crippen molar-refractivity contribution in [2.75, 3.05) is 19.7 Å². The van der Waals surface area contributed by atoms with Crippen LogP contribution in [0.4, 0.5) is 4.39 Å². The highest BCUT2D eigenvalue weighted by Crippen LogP contribution is 2.33. The van der Waals surface area contributed by atoms with Gasteiger partial charge in [-0.2, -0.15) is 0 Å². The molecule has 0 saturated heterocycles. The summed E-state index contributed by atoms with van der Waals surface area (Å²) in [6.45, 7) is 7.33. The molecule has 0 atom stereocenters. The van der Waals surface area contributed by atoms with Crippen LogP contribution in [-0.4, -0.2) is 30.5 Å². The van der Waals surface area contributed by atoms with E-state index in [2.05, 4.69) is 34.5 Å². The van der Waals surface area contributed by atoms with Crippen LogP contribution in [0, 0.1) is 11.7 Å². The van der Waals surface area contributed by atoms with E-state index in [1.165, 1.54) is 17.2 Å². The average molecular weight is 511 g/mol. The Kier molecular flexibility index (Phi) is 9.65. The summed E-state index contributed by atoms with van der Waals surface area (Å²) in [4.78, 5) is 15.1. The first kappa shape index (κ1) is 27.1. The van der Waals surface area contributed by atoms with Gasteiger partial charge in [0.25, 0.3) is 5.91 Å². The van der Waals surface area contributed by atoms with Crippen LogP contribution in [0.5, 0.6) is 5.75 Å². The first-order valence-corrected chi connectivity index (χ1v) is 13.1. The SMILES string of the molecule is CC(C)CNC(=O)c1ccc(OCCN(Cc2ccccc2)Cc2ccccc2)c(-c2ccccc2F)c1. The average Bonchev–Trinajstić information content (AvgIpc) is 2.93. The lowest BCUT2D eigenvalue weighted by Gasteiger charge is -2.23. The Morgan fingerprint density at radius 1 is 0.816 bits per heavy atom. The first-order valence-electron chi connectivity index (χ1n) is 13.1. The highest BCUT2D eigenvalue weighted by atomic mass is 19.1. The number of carbonyl (C=O) groups excluding carboxylic acids is 1. The van der Waals surface area contributed by atoms with Gasteiger partial charge in [0.2, 0.25) is 0 Å². The van der Waals surface area contributed by atoms with Crippen LogP contribution in [0.25, 0.3) is 11.1 Å². The number of carbonyl (C=O) groups is 1. The van der Waals surface area contributed by atoms with Crippen LogP contribution < -0.4 is 10.1 Å². The number of rotatable bonds is 12. The smallest absolute Gasteiger partial charge is 0.251 e. The second-order valence-electron chi connectivity index (χ2n) is 9.82. The van der Waals surface area contributed by atoms with Gasteiger partial charge in [0.1, 0.15) is 18.2 Å². The molecule has 0 spiro atoms. The van der Waals surface area contributed by atoms with Crippen LogP contribution in [0.15, 0.2) is 103 Å². The zero-order valence-electron chi connectivity index (χ0n) is 22.1. The largest absolute Gasteiger partial charge is 0.492 e. The molecule has 1 amide bonds. The maximum absolute atomic E-state index is 14.8. The molecule has 0 heterocycles. The zero-order valence-corrected chi connectivity index (χ0v) is 22.1. The maximum Gasteiger partial charge on any atom is 0.251 e. The minimum Gasteiger partial charge on any atom is -0.492 e. The summed E-state index contributed by atoms with van der Waals surface area (Å²) in [5.74, 6) is 0.351. The molecule has 4 nitrogen and oxygen atoms in total. The molecule has 4 rings (SSSR count). The predicted octanol–water partition coefficient (Wildman–Crippen LogP) is 6.96. The van der Waals surface area contributed by atoms with Gasteiger partial charge in [-0.25, -0.2) is 4.39 Å². The number of hydrogen-bond donors (Lipinski definition) is 1. The summed E-state index contributed by atoms with van der Waals surface area (Å²) in [7, 11) is 0. The van der Waals surface area contributed by atoms with Gasteiger partial charge in [-0.3, -0.25) is 9.69 Å². The Hall–Kier alpha value is -3.96. The molecule has 38 heavy (non-hydrogen) atoms. The molecular weight excluding hydrogens is 475 g/mol. The van der Waals surface area contributed by atoms with Gasteiger partial charge in [0.05, 0.1) is 0 Å². The fourth-order valence-electron chi connectivity index (χ4n) is 4.27. The van der Waals surface area contributed by atoms with E-state index < -0.39 is 0 Å². The van der Waals surface area contributed by atoms with Crippen LogP contribution in [0.2, 0.25) is 0 Å². The minimum atomic E-state index is -0.355. The molecule has 1 N–H and O–H groups in total. The monoisotopic (exact) mass is 510 g/mol. The molecule has 0 radical (unpaired) electrons. The quantitative estimate of drug-likeness (QED) is 0.224.